The van der Waals surface area contributed by atoms with E-state index in [4.69, 9.17) is 5.10 Å². The van der Waals surface area contributed by atoms with Crippen molar-refractivity contribution < 1.29 is 4.79 Å². The van der Waals surface area contributed by atoms with Gasteiger partial charge in [-0.3, -0.25) is 9.48 Å². The number of allylic oxidation sites excluding steroid dienone is 1. The first-order chi connectivity index (χ1) is 14.3. The average Bonchev–Trinajstić information content (AvgIpc) is 3.27. The van der Waals surface area contributed by atoms with Crippen LogP contribution in [-0.2, 0) is 25.8 Å². The monoisotopic (exact) mass is 412 g/mol. The summed E-state index contributed by atoms with van der Waals surface area (Å²) < 4.78 is 2.01. The van der Waals surface area contributed by atoms with Crippen molar-refractivity contribution in [2.45, 2.75) is 64.0 Å². The Kier molecular flexibility index (Phi) is 6.82. The molecule has 3 heterocycles. The van der Waals surface area contributed by atoms with Crippen LogP contribution in [0.5, 0.6) is 0 Å². The van der Waals surface area contributed by atoms with E-state index in [-0.39, 0.29) is 5.91 Å². The van der Waals surface area contributed by atoms with Crippen molar-refractivity contribution >= 4 is 17.2 Å². The maximum Gasteiger partial charge on any atom is 0.274 e. The summed E-state index contributed by atoms with van der Waals surface area (Å²) in [6.07, 6.45) is 10.6. The maximum atomic E-state index is 13.3. The number of fused-ring (bicyclic) bond motifs is 1. The molecule has 1 N–H and O–H groups in total. The van der Waals surface area contributed by atoms with Gasteiger partial charge in [-0.1, -0.05) is 25.0 Å². The molecular weight excluding hydrogens is 380 g/mol. The minimum Gasteiger partial charge on any atom is -0.337 e. The highest BCUT2D eigenvalue weighted by molar-refractivity contribution is 7.09. The van der Waals surface area contributed by atoms with Crippen molar-refractivity contribution in [3.05, 3.63) is 52.0 Å². The van der Waals surface area contributed by atoms with E-state index in [9.17, 15) is 4.79 Å². The van der Waals surface area contributed by atoms with E-state index in [0.717, 1.165) is 58.2 Å². The van der Waals surface area contributed by atoms with Crippen LogP contribution < -0.4 is 5.32 Å². The summed E-state index contributed by atoms with van der Waals surface area (Å²) in [6, 6.07) is 4.73. The zero-order chi connectivity index (χ0) is 20.1. The van der Waals surface area contributed by atoms with Gasteiger partial charge in [-0.2, -0.15) is 5.10 Å². The van der Waals surface area contributed by atoms with E-state index in [1.54, 1.807) is 0 Å². The van der Waals surface area contributed by atoms with Crippen LogP contribution in [0.3, 0.4) is 0 Å². The summed E-state index contributed by atoms with van der Waals surface area (Å²) in [4.78, 5) is 16.8. The Balaban J connectivity index is 1.48. The van der Waals surface area contributed by atoms with Crippen LogP contribution in [0.25, 0.3) is 0 Å². The van der Waals surface area contributed by atoms with Gasteiger partial charge in [0.05, 0.1) is 6.54 Å². The van der Waals surface area contributed by atoms with E-state index >= 15 is 0 Å². The Morgan fingerprint density at radius 3 is 2.86 bits per heavy atom. The summed E-state index contributed by atoms with van der Waals surface area (Å²) in [5.41, 5.74) is 3.09. The molecule has 29 heavy (non-hydrogen) atoms. The molecule has 6 heteroatoms. The second-order valence-corrected chi connectivity index (χ2v) is 9.21. The first-order valence-corrected chi connectivity index (χ1v) is 11.9. The number of thiophene rings is 1. The normalized spacial score (nSPS) is 19.6. The minimum absolute atomic E-state index is 0.130. The number of carbonyl (C=O) groups excluding carboxylic acids is 1. The second-order valence-electron chi connectivity index (χ2n) is 8.17. The topological polar surface area (TPSA) is 50.2 Å². The van der Waals surface area contributed by atoms with Crippen LogP contribution in [0.2, 0.25) is 0 Å². The van der Waals surface area contributed by atoms with Crippen molar-refractivity contribution in [3.8, 4) is 0 Å². The third kappa shape index (κ3) is 4.81. The van der Waals surface area contributed by atoms with Crippen molar-refractivity contribution in [1.29, 1.82) is 0 Å². The van der Waals surface area contributed by atoms with Crippen LogP contribution in [-0.4, -0.2) is 46.3 Å². The molecule has 1 amide bonds. The molecule has 0 radical (unpaired) electrons. The molecule has 0 unspecified atom stereocenters. The molecule has 1 atom stereocenters. The molecule has 1 aliphatic heterocycles. The lowest BCUT2D eigenvalue weighted by atomic mass is 9.91. The van der Waals surface area contributed by atoms with Crippen molar-refractivity contribution in [1.82, 2.24) is 20.0 Å². The summed E-state index contributed by atoms with van der Waals surface area (Å²) in [6.45, 7) is 7.26. The zero-order valence-electron chi connectivity index (χ0n) is 17.2. The third-order valence-electron chi connectivity index (χ3n) is 6.13. The van der Waals surface area contributed by atoms with Crippen molar-refractivity contribution in [2.75, 3.05) is 19.6 Å². The van der Waals surface area contributed by atoms with Gasteiger partial charge in [0.2, 0.25) is 0 Å². The number of nitrogens with zero attached hydrogens (tertiary/aromatic N) is 3. The molecule has 0 saturated carbocycles. The summed E-state index contributed by atoms with van der Waals surface area (Å²) in [5, 5.41) is 10.6. The first kappa shape index (κ1) is 20.4. The average molecular weight is 413 g/mol. The molecule has 0 bridgehead atoms. The van der Waals surface area contributed by atoms with E-state index in [0.29, 0.717) is 18.3 Å². The van der Waals surface area contributed by atoms with Gasteiger partial charge in [-0.15, -0.1) is 17.9 Å². The first-order valence-electron chi connectivity index (χ1n) is 11.0. The van der Waals surface area contributed by atoms with Gasteiger partial charge in [0.25, 0.3) is 5.91 Å². The highest BCUT2D eigenvalue weighted by atomic mass is 32.1. The maximum absolute atomic E-state index is 13.3. The fraction of sp³-hybridized carbons (Fsp3) is 0.565. The smallest absolute Gasteiger partial charge is 0.274 e. The van der Waals surface area contributed by atoms with Gasteiger partial charge < -0.3 is 10.2 Å². The predicted molar refractivity (Wildman–Crippen MR) is 119 cm³/mol. The number of likely N-dealkylation sites (tertiary alicyclic amines) is 1. The van der Waals surface area contributed by atoms with Gasteiger partial charge >= 0.3 is 0 Å². The molecule has 2 aromatic heterocycles. The van der Waals surface area contributed by atoms with E-state index in [1.165, 1.54) is 29.0 Å². The number of carbonyl (C=O) groups is 1. The van der Waals surface area contributed by atoms with Gasteiger partial charge in [-0.05, 0) is 50.0 Å². The highest BCUT2D eigenvalue weighted by Crippen LogP contribution is 2.27. The quantitative estimate of drug-likeness (QED) is 0.703. The standard InChI is InChI=1S/C23H32N4OS/c1-2-13-27-21-10-9-18(24-12-11-19-8-7-16-29-19)17-20(21)22(25-27)23(28)26-14-5-3-4-6-15-26/h2,7-8,16,18,24H,1,3-6,9-15,17H2/t18-/m1/s1. The highest BCUT2D eigenvalue weighted by Gasteiger charge is 2.31. The molecule has 0 aromatic carbocycles. The van der Waals surface area contributed by atoms with Crippen molar-refractivity contribution in [3.63, 3.8) is 0 Å². The van der Waals surface area contributed by atoms with Gasteiger partial charge in [-0.25, -0.2) is 0 Å². The molecular formula is C23H32N4OS. The number of rotatable bonds is 7. The fourth-order valence-corrected chi connectivity index (χ4v) is 5.29. The summed E-state index contributed by atoms with van der Waals surface area (Å²) in [7, 11) is 0. The van der Waals surface area contributed by atoms with Gasteiger partial charge in [0.1, 0.15) is 0 Å². The van der Waals surface area contributed by atoms with E-state index in [2.05, 4.69) is 29.4 Å². The lowest BCUT2D eigenvalue weighted by molar-refractivity contribution is 0.0753. The molecule has 5 nitrogen and oxygen atoms in total. The SMILES string of the molecule is C=CCn1nc(C(=O)N2CCCCCC2)c2c1CC[C@@H](NCCc1cccs1)C2. The molecule has 1 saturated heterocycles. The lowest BCUT2D eigenvalue weighted by Crippen LogP contribution is -2.37. The van der Waals surface area contributed by atoms with Crippen molar-refractivity contribution in [2.24, 2.45) is 0 Å². The second kappa shape index (κ2) is 9.72. The number of aromatic nitrogens is 2. The molecule has 2 aromatic rings. The Labute approximate surface area is 177 Å². The molecule has 156 valence electrons. The van der Waals surface area contributed by atoms with Gasteiger partial charge in [0, 0.05) is 41.8 Å². The Hall–Kier alpha value is -1.92. The molecule has 4 rings (SSSR count). The Bertz CT molecular complexity index is 818. The molecule has 2 aliphatic rings. The van der Waals surface area contributed by atoms with Crippen LogP contribution in [0.1, 0.15) is 58.7 Å². The van der Waals surface area contributed by atoms with Crippen LogP contribution in [0.15, 0.2) is 30.2 Å². The largest absolute Gasteiger partial charge is 0.337 e. The lowest BCUT2D eigenvalue weighted by Gasteiger charge is -2.25. The third-order valence-corrected chi connectivity index (χ3v) is 7.07. The van der Waals surface area contributed by atoms with Crippen LogP contribution >= 0.6 is 11.3 Å². The Morgan fingerprint density at radius 1 is 1.31 bits per heavy atom. The number of hydrogen-bond acceptors (Lipinski definition) is 4. The minimum atomic E-state index is 0.130. The predicted octanol–water partition coefficient (Wildman–Crippen LogP) is 3.84. The zero-order valence-corrected chi connectivity index (χ0v) is 18.1. The van der Waals surface area contributed by atoms with Crippen LogP contribution in [0.4, 0.5) is 0 Å². The number of amides is 1. The number of nitrogens with one attached hydrogen (secondary N) is 1. The summed E-state index contributed by atoms with van der Waals surface area (Å²) in [5.74, 6) is 0.130. The summed E-state index contributed by atoms with van der Waals surface area (Å²) >= 11 is 1.82. The van der Waals surface area contributed by atoms with Gasteiger partial charge in [0.15, 0.2) is 5.69 Å². The Morgan fingerprint density at radius 2 is 2.14 bits per heavy atom. The fourth-order valence-electron chi connectivity index (χ4n) is 4.58. The molecule has 0 spiro atoms. The van der Waals surface area contributed by atoms with E-state index < -0.39 is 0 Å². The molecule has 1 aliphatic carbocycles. The van der Waals surface area contributed by atoms with Crippen LogP contribution in [0, 0.1) is 0 Å². The number of hydrogen-bond donors (Lipinski definition) is 1. The molecule has 1 fully saturated rings. The van der Waals surface area contributed by atoms with E-state index in [1.807, 2.05) is 27.0 Å².